The molecule has 0 spiro atoms. The van der Waals surface area contributed by atoms with Crippen molar-refractivity contribution >= 4 is 18.0 Å². The van der Waals surface area contributed by atoms with Gasteiger partial charge >= 0.3 is 12.1 Å². The zero-order valence-electron chi connectivity index (χ0n) is 17.5. The molecule has 2 amide bonds. The summed E-state index contributed by atoms with van der Waals surface area (Å²) in [6.45, 7) is 10.1. The van der Waals surface area contributed by atoms with E-state index in [0.717, 1.165) is 5.56 Å². The summed E-state index contributed by atoms with van der Waals surface area (Å²) in [6, 6.07) is 7.00. The van der Waals surface area contributed by atoms with E-state index in [1.165, 1.54) is 0 Å². The molecule has 2 N–H and O–H groups in total. The van der Waals surface area contributed by atoms with Crippen molar-refractivity contribution in [3.63, 3.8) is 0 Å². The van der Waals surface area contributed by atoms with Crippen LogP contribution in [-0.2, 0) is 20.7 Å². The van der Waals surface area contributed by atoms with Gasteiger partial charge in [-0.25, -0.2) is 4.79 Å². The first-order valence-electron chi connectivity index (χ1n) is 9.61. The molecule has 1 aromatic carbocycles. The van der Waals surface area contributed by atoms with Gasteiger partial charge in [0.05, 0.1) is 0 Å². The van der Waals surface area contributed by atoms with Gasteiger partial charge in [-0.15, -0.1) is 0 Å². The zero-order valence-corrected chi connectivity index (χ0v) is 17.5. The number of ether oxygens (including phenoxy) is 2. The molecule has 0 aliphatic rings. The minimum absolute atomic E-state index is 0.00525. The molecule has 156 valence electrons. The van der Waals surface area contributed by atoms with Crippen molar-refractivity contribution in [2.24, 2.45) is 5.92 Å². The molecule has 28 heavy (non-hydrogen) atoms. The minimum atomic E-state index is -0.545. The lowest BCUT2D eigenvalue weighted by atomic mass is 10.1. The van der Waals surface area contributed by atoms with Crippen LogP contribution >= 0.6 is 0 Å². The molecule has 7 heteroatoms. The summed E-state index contributed by atoms with van der Waals surface area (Å²) in [5.74, 6) is 0.128. The molecule has 0 saturated heterocycles. The lowest BCUT2D eigenvalue weighted by molar-refractivity contribution is -0.154. The predicted molar refractivity (Wildman–Crippen MR) is 107 cm³/mol. The molecule has 0 heterocycles. The molecule has 0 fully saturated rings. The molecule has 1 rings (SSSR count). The van der Waals surface area contributed by atoms with Crippen molar-refractivity contribution in [1.29, 1.82) is 0 Å². The Bertz CT molecular complexity index is 648. The van der Waals surface area contributed by atoms with Crippen molar-refractivity contribution in [3.8, 4) is 5.75 Å². The minimum Gasteiger partial charge on any atom is -0.460 e. The summed E-state index contributed by atoms with van der Waals surface area (Å²) in [6.07, 6.45) is 0.933. The summed E-state index contributed by atoms with van der Waals surface area (Å²) >= 11 is 0. The second kappa shape index (κ2) is 11.3. The van der Waals surface area contributed by atoms with Gasteiger partial charge in [-0.05, 0) is 51.3 Å². The van der Waals surface area contributed by atoms with Crippen LogP contribution in [0, 0.1) is 5.92 Å². The smallest absolute Gasteiger partial charge is 0.412 e. The lowest BCUT2D eigenvalue weighted by Crippen LogP contribution is -2.32. The highest BCUT2D eigenvalue weighted by Gasteiger charge is 2.16. The van der Waals surface area contributed by atoms with Crippen molar-refractivity contribution in [3.05, 3.63) is 29.8 Å². The quantitative estimate of drug-likeness (QED) is 0.497. The number of nitrogens with one attached hydrogen (secondary N) is 2. The number of carbonyl (C=O) groups excluding carboxylic acids is 3. The first-order chi connectivity index (χ1) is 13.1. The molecular formula is C21H32N2O5. The van der Waals surface area contributed by atoms with Crippen LogP contribution < -0.4 is 15.4 Å². The summed E-state index contributed by atoms with van der Waals surface area (Å²) in [5.41, 5.74) is 0.474. The highest BCUT2D eigenvalue weighted by molar-refractivity contribution is 5.77. The van der Waals surface area contributed by atoms with Crippen LogP contribution in [0.25, 0.3) is 0 Å². The average molecular weight is 392 g/mol. The lowest BCUT2D eigenvalue weighted by Gasteiger charge is -2.19. The number of amides is 2. The maximum absolute atomic E-state index is 11.8. The van der Waals surface area contributed by atoms with E-state index in [0.29, 0.717) is 38.1 Å². The third-order valence-corrected chi connectivity index (χ3v) is 3.62. The van der Waals surface area contributed by atoms with Crippen LogP contribution in [0.1, 0.15) is 53.0 Å². The summed E-state index contributed by atoms with van der Waals surface area (Å²) in [4.78, 5) is 34.9. The fraction of sp³-hybridized carbons (Fsp3) is 0.571. The van der Waals surface area contributed by atoms with E-state index in [1.807, 2.05) is 46.8 Å². The van der Waals surface area contributed by atoms with Gasteiger partial charge in [0.2, 0.25) is 5.91 Å². The van der Waals surface area contributed by atoms with Gasteiger partial charge < -0.3 is 20.1 Å². The average Bonchev–Trinajstić information content (AvgIpc) is 2.59. The van der Waals surface area contributed by atoms with E-state index in [1.54, 1.807) is 12.1 Å². The Balaban J connectivity index is 2.27. The number of carbonyl (C=O) groups is 3. The molecule has 0 aromatic heterocycles. The number of esters is 1. The second-order valence-corrected chi connectivity index (χ2v) is 7.85. The molecule has 0 bridgehead atoms. The number of hydrogen-bond acceptors (Lipinski definition) is 5. The van der Waals surface area contributed by atoms with Crippen molar-refractivity contribution < 1.29 is 23.9 Å². The number of hydrogen-bond donors (Lipinski definition) is 2. The Labute approximate surface area is 167 Å². The molecule has 0 aliphatic carbocycles. The van der Waals surface area contributed by atoms with Crippen molar-refractivity contribution in [1.82, 2.24) is 10.6 Å². The summed E-state index contributed by atoms with van der Waals surface area (Å²) in [5, 5.41) is 5.42. The molecule has 0 radical (unpaired) electrons. The van der Waals surface area contributed by atoms with E-state index in [2.05, 4.69) is 10.6 Å². The fourth-order valence-electron chi connectivity index (χ4n) is 2.20. The molecule has 0 saturated carbocycles. The Kier molecular flexibility index (Phi) is 9.48. The van der Waals surface area contributed by atoms with Gasteiger partial charge in [0.15, 0.2) is 0 Å². The number of benzene rings is 1. The van der Waals surface area contributed by atoms with E-state index in [4.69, 9.17) is 9.47 Å². The highest BCUT2D eigenvalue weighted by atomic mass is 16.6. The van der Waals surface area contributed by atoms with Gasteiger partial charge in [0.25, 0.3) is 0 Å². The number of aryl methyl sites for hydroxylation is 1. The normalized spacial score (nSPS) is 11.1. The zero-order chi connectivity index (χ0) is 21.2. The van der Waals surface area contributed by atoms with E-state index in [9.17, 15) is 14.4 Å². The van der Waals surface area contributed by atoms with Crippen LogP contribution in [-0.4, -0.2) is 36.7 Å². The van der Waals surface area contributed by atoms with Gasteiger partial charge in [0, 0.05) is 25.4 Å². The second-order valence-electron chi connectivity index (χ2n) is 7.85. The van der Waals surface area contributed by atoms with E-state index >= 15 is 0 Å². The Hall–Kier alpha value is -2.57. The molecule has 0 unspecified atom stereocenters. The predicted octanol–water partition coefficient (Wildman–Crippen LogP) is 3.21. The van der Waals surface area contributed by atoms with Gasteiger partial charge in [0.1, 0.15) is 11.4 Å². The number of rotatable bonds is 9. The Morgan fingerprint density at radius 1 is 1.00 bits per heavy atom. The third kappa shape index (κ3) is 10.5. The first kappa shape index (κ1) is 23.5. The van der Waals surface area contributed by atoms with Crippen molar-refractivity contribution in [2.75, 3.05) is 13.1 Å². The topological polar surface area (TPSA) is 93.7 Å². The van der Waals surface area contributed by atoms with Crippen LogP contribution in [0.2, 0.25) is 0 Å². The first-order valence-corrected chi connectivity index (χ1v) is 9.61. The van der Waals surface area contributed by atoms with Crippen molar-refractivity contribution in [2.45, 2.75) is 59.5 Å². The Morgan fingerprint density at radius 3 is 2.18 bits per heavy atom. The molecular weight excluding hydrogens is 360 g/mol. The van der Waals surface area contributed by atoms with Gasteiger partial charge in [-0.2, -0.15) is 0 Å². The van der Waals surface area contributed by atoms with Crippen LogP contribution in [0.5, 0.6) is 5.75 Å². The van der Waals surface area contributed by atoms with E-state index in [-0.39, 0.29) is 17.8 Å². The Morgan fingerprint density at radius 2 is 1.61 bits per heavy atom. The molecule has 0 aliphatic heterocycles. The molecule has 0 atom stereocenters. The van der Waals surface area contributed by atoms with Gasteiger partial charge in [-0.1, -0.05) is 26.0 Å². The SMILES string of the molecule is CC(C)C(=O)NCCCNC(=O)Oc1ccc(CCC(=O)OC(C)(C)C)cc1. The van der Waals surface area contributed by atoms with Crippen LogP contribution in [0.15, 0.2) is 24.3 Å². The highest BCUT2D eigenvalue weighted by Crippen LogP contribution is 2.15. The van der Waals surface area contributed by atoms with Crippen LogP contribution in [0.3, 0.4) is 0 Å². The fourth-order valence-corrected chi connectivity index (χ4v) is 2.20. The summed E-state index contributed by atoms with van der Waals surface area (Å²) < 4.78 is 10.5. The summed E-state index contributed by atoms with van der Waals surface area (Å²) in [7, 11) is 0. The van der Waals surface area contributed by atoms with Gasteiger partial charge in [-0.3, -0.25) is 9.59 Å². The maximum atomic E-state index is 11.8. The third-order valence-electron chi connectivity index (χ3n) is 3.62. The van der Waals surface area contributed by atoms with Crippen LogP contribution in [0.4, 0.5) is 4.79 Å². The van der Waals surface area contributed by atoms with E-state index < -0.39 is 11.7 Å². The largest absolute Gasteiger partial charge is 0.460 e. The monoisotopic (exact) mass is 392 g/mol. The molecule has 7 nitrogen and oxygen atoms in total. The maximum Gasteiger partial charge on any atom is 0.412 e. The molecule has 1 aromatic rings. The standard InChI is InChI=1S/C21H32N2O5/c1-15(2)19(25)22-13-6-14-23-20(26)27-17-10-7-16(8-11-17)9-12-18(24)28-21(3,4)5/h7-8,10-11,15H,6,9,12-14H2,1-5H3,(H,22,25)(H,23,26).